The normalized spacial score (nSPS) is 12.7. The van der Waals surface area contributed by atoms with Gasteiger partial charge in [-0.3, -0.25) is 14.3 Å². The van der Waals surface area contributed by atoms with E-state index in [4.69, 9.17) is 0 Å². The third kappa shape index (κ3) is 6.89. The summed E-state index contributed by atoms with van der Waals surface area (Å²) in [6.45, 7) is 9.97. The smallest absolute Gasteiger partial charge is 0.263 e. The molecular formula is C25H30N4O4S2. The number of aromatic nitrogens is 1. The number of hydrogen-bond donors (Lipinski definition) is 3. The quantitative estimate of drug-likeness (QED) is 0.405. The molecule has 3 N–H and O–H groups in total. The van der Waals surface area contributed by atoms with Crippen LogP contribution in [0.1, 0.15) is 50.5 Å². The van der Waals surface area contributed by atoms with E-state index in [-0.39, 0.29) is 27.3 Å². The van der Waals surface area contributed by atoms with E-state index in [0.717, 1.165) is 5.56 Å². The van der Waals surface area contributed by atoms with E-state index in [1.807, 2.05) is 26.0 Å². The molecule has 2 amide bonds. The molecule has 0 aliphatic rings. The van der Waals surface area contributed by atoms with Gasteiger partial charge in [0.05, 0.1) is 4.90 Å². The molecule has 8 nitrogen and oxygen atoms in total. The predicted octanol–water partition coefficient (Wildman–Crippen LogP) is 4.63. The lowest BCUT2D eigenvalue weighted by Crippen LogP contribution is -2.47. The summed E-state index contributed by atoms with van der Waals surface area (Å²) in [5.74, 6) is -0.903. The fourth-order valence-electron chi connectivity index (χ4n) is 3.27. The fraction of sp³-hybridized carbons (Fsp3) is 0.320. The molecule has 0 saturated heterocycles. The van der Waals surface area contributed by atoms with Gasteiger partial charge in [0.2, 0.25) is 5.91 Å². The molecule has 2 aromatic carbocycles. The van der Waals surface area contributed by atoms with Crippen LogP contribution in [0.15, 0.2) is 65.0 Å². The van der Waals surface area contributed by atoms with Crippen LogP contribution in [0.3, 0.4) is 0 Å². The monoisotopic (exact) mass is 514 g/mol. The minimum atomic E-state index is -3.79. The van der Waals surface area contributed by atoms with Crippen molar-refractivity contribution in [3.05, 3.63) is 71.2 Å². The molecule has 1 heterocycles. The summed E-state index contributed by atoms with van der Waals surface area (Å²) < 4.78 is 27.4. The molecule has 10 heteroatoms. The van der Waals surface area contributed by atoms with Crippen molar-refractivity contribution < 1.29 is 18.0 Å². The largest absolute Gasteiger partial charge is 0.340 e. The lowest BCUT2D eigenvalue weighted by atomic mass is 9.86. The Labute approximate surface area is 210 Å². The number of anilines is 2. The van der Waals surface area contributed by atoms with E-state index < -0.39 is 22.0 Å². The summed E-state index contributed by atoms with van der Waals surface area (Å²) in [5.41, 5.74) is 1.97. The number of sulfonamides is 1. The van der Waals surface area contributed by atoms with Crippen molar-refractivity contribution in [1.82, 2.24) is 10.3 Å². The Morgan fingerprint density at radius 3 is 2.11 bits per heavy atom. The van der Waals surface area contributed by atoms with Gasteiger partial charge in [-0.05, 0) is 53.3 Å². The first kappa shape index (κ1) is 26.4. The van der Waals surface area contributed by atoms with Crippen LogP contribution < -0.4 is 15.4 Å². The van der Waals surface area contributed by atoms with Gasteiger partial charge in [0.1, 0.15) is 6.04 Å². The van der Waals surface area contributed by atoms with E-state index in [0.29, 0.717) is 11.3 Å². The average molecular weight is 515 g/mol. The zero-order chi connectivity index (χ0) is 25.8. The molecule has 0 saturated carbocycles. The van der Waals surface area contributed by atoms with Crippen molar-refractivity contribution >= 4 is 44.0 Å². The van der Waals surface area contributed by atoms with Gasteiger partial charge in [0.25, 0.3) is 15.9 Å². The van der Waals surface area contributed by atoms with Crippen LogP contribution in [0.5, 0.6) is 0 Å². The van der Waals surface area contributed by atoms with Crippen LogP contribution in [0.2, 0.25) is 0 Å². The van der Waals surface area contributed by atoms with E-state index in [2.05, 4.69) is 41.1 Å². The van der Waals surface area contributed by atoms with Crippen molar-refractivity contribution in [3.63, 3.8) is 0 Å². The highest BCUT2D eigenvalue weighted by molar-refractivity contribution is 7.93. The Balaban J connectivity index is 1.67. The van der Waals surface area contributed by atoms with E-state index in [1.165, 1.54) is 41.8 Å². The lowest BCUT2D eigenvalue weighted by molar-refractivity contribution is -0.118. The Bertz CT molecular complexity index is 1260. The number of carbonyl (C=O) groups is 2. The van der Waals surface area contributed by atoms with Gasteiger partial charge >= 0.3 is 0 Å². The maximum atomic E-state index is 12.9. The van der Waals surface area contributed by atoms with Crippen LogP contribution in [-0.2, 0) is 20.2 Å². The first-order chi connectivity index (χ1) is 16.4. The summed E-state index contributed by atoms with van der Waals surface area (Å²) in [7, 11) is -3.79. The molecule has 0 spiro atoms. The van der Waals surface area contributed by atoms with Crippen molar-refractivity contribution in [2.24, 2.45) is 5.92 Å². The standard InChI is InChI=1S/C25H30N4O4S2/c1-16(2)21(28-22(30)17-6-8-18(9-7-17)25(3,4)5)23(31)27-19-10-12-20(13-11-19)35(32,33)29-24-26-14-15-34-24/h6-16,21H,1-5H3,(H,26,29)(H,27,31)(H,28,30)/t21-/m1/s1. The number of amides is 2. The Morgan fingerprint density at radius 1 is 0.971 bits per heavy atom. The maximum absolute atomic E-state index is 12.9. The molecule has 0 radical (unpaired) electrons. The summed E-state index contributed by atoms with van der Waals surface area (Å²) in [5, 5.41) is 7.50. The number of rotatable bonds is 8. The highest BCUT2D eigenvalue weighted by Crippen LogP contribution is 2.23. The molecule has 186 valence electrons. The zero-order valence-electron chi connectivity index (χ0n) is 20.3. The lowest BCUT2D eigenvalue weighted by Gasteiger charge is -2.22. The highest BCUT2D eigenvalue weighted by Gasteiger charge is 2.25. The Morgan fingerprint density at radius 2 is 1.60 bits per heavy atom. The average Bonchev–Trinajstić information content (AvgIpc) is 3.29. The Kier molecular flexibility index (Phi) is 7.97. The molecule has 0 aliphatic carbocycles. The van der Waals surface area contributed by atoms with E-state index >= 15 is 0 Å². The van der Waals surface area contributed by atoms with E-state index in [1.54, 1.807) is 17.5 Å². The van der Waals surface area contributed by atoms with Crippen molar-refractivity contribution in [3.8, 4) is 0 Å². The van der Waals surface area contributed by atoms with Crippen molar-refractivity contribution in [2.45, 2.75) is 51.0 Å². The van der Waals surface area contributed by atoms with Gasteiger partial charge in [0.15, 0.2) is 5.13 Å². The van der Waals surface area contributed by atoms with Crippen LogP contribution in [0.25, 0.3) is 0 Å². The zero-order valence-corrected chi connectivity index (χ0v) is 22.0. The van der Waals surface area contributed by atoms with Crippen LogP contribution >= 0.6 is 11.3 Å². The minimum Gasteiger partial charge on any atom is -0.340 e. The van der Waals surface area contributed by atoms with Gasteiger partial charge in [-0.1, -0.05) is 46.8 Å². The predicted molar refractivity (Wildman–Crippen MR) is 139 cm³/mol. The second kappa shape index (κ2) is 10.6. The minimum absolute atomic E-state index is 0.0266. The number of benzene rings is 2. The van der Waals surface area contributed by atoms with Crippen molar-refractivity contribution in [2.75, 3.05) is 10.0 Å². The summed E-state index contributed by atoms with van der Waals surface area (Å²) in [6, 6.07) is 12.3. The van der Waals surface area contributed by atoms with Crippen molar-refractivity contribution in [1.29, 1.82) is 0 Å². The Hall–Kier alpha value is -3.24. The van der Waals surface area contributed by atoms with Gasteiger partial charge in [0, 0.05) is 22.8 Å². The maximum Gasteiger partial charge on any atom is 0.263 e. The van der Waals surface area contributed by atoms with Gasteiger partial charge in [-0.25, -0.2) is 13.4 Å². The number of carbonyl (C=O) groups excluding carboxylic acids is 2. The third-order valence-electron chi connectivity index (χ3n) is 5.33. The number of nitrogens with zero attached hydrogens (tertiary/aromatic N) is 1. The van der Waals surface area contributed by atoms with Gasteiger partial charge in [-0.2, -0.15) is 0 Å². The summed E-state index contributed by atoms with van der Waals surface area (Å²) >= 11 is 1.17. The molecule has 35 heavy (non-hydrogen) atoms. The van der Waals surface area contributed by atoms with Crippen LogP contribution in [-0.4, -0.2) is 31.3 Å². The molecule has 3 aromatic rings. The molecule has 0 fully saturated rings. The van der Waals surface area contributed by atoms with Gasteiger partial charge in [-0.15, -0.1) is 11.3 Å². The molecular weight excluding hydrogens is 484 g/mol. The topological polar surface area (TPSA) is 117 Å². The second-order valence-corrected chi connectivity index (χ2v) is 12.1. The molecule has 0 bridgehead atoms. The SMILES string of the molecule is CC(C)[C@@H](NC(=O)c1ccc(C(C)(C)C)cc1)C(=O)Nc1ccc(S(=O)(=O)Nc2nccs2)cc1. The van der Waals surface area contributed by atoms with Gasteiger partial charge < -0.3 is 10.6 Å². The first-order valence-electron chi connectivity index (χ1n) is 11.1. The highest BCUT2D eigenvalue weighted by atomic mass is 32.2. The molecule has 1 aromatic heterocycles. The second-order valence-electron chi connectivity index (χ2n) is 9.48. The third-order valence-corrected chi connectivity index (χ3v) is 7.51. The molecule has 3 rings (SSSR count). The van der Waals surface area contributed by atoms with E-state index in [9.17, 15) is 18.0 Å². The molecule has 0 aliphatic heterocycles. The van der Waals surface area contributed by atoms with Crippen LogP contribution in [0, 0.1) is 5.92 Å². The van der Waals surface area contributed by atoms with Crippen LogP contribution in [0.4, 0.5) is 10.8 Å². The number of thiazole rings is 1. The summed E-state index contributed by atoms with van der Waals surface area (Å²) in [4.78, 5) is 29.7. The first-order valence-corrected chi connectivity index (χ1v) is 13.5. The number of nitrogens with one attached hydrogen (secondary N) is 3. The fourth-order valence-corrected chi connectivity index (χ4v) is 5.06. The molecule has 0 unspecified atom stereocenters. The number of hydrogen-bond acceptors (Lipinski definition) is 6. The summed E-state index contributed by atoms with van der Waals surface area (Å²) in [6.07, 6.45) is 1.51. The molecule has 1 atom stereocenters.